The maximum Gasteiger partial charge on any atom is 0.387 e. The summed E-state index contributed by atoms with van der Waals surface area (Å²) < 4.78 is 70.7. The Hall–Kier alpha value is -4.66. The lowest BCUT2D eigenvalue weighted by molar-refractivity contribution is -0.149. The van der Waals surface area contributed by atoms with E-state index in [2.05, 4.69) is 20.4 Å². The average molecular weight is 651 g/mol. The molecule has 1 fully saturated rings. The van der Waals surface area contributed by atoms with Crippen molar-refractivity contribution < 1.29 is 50.9 Å². The number of nitrogens with two attached hydrogens (primary N) is 1. The molecule has 11 nitrogen and oxygen atoms in total. The molecule has 0 aliphatic heterocycles. The SMILES string of the molecule is CC(C)C(C)(NC(=O)C(NC(=O)c1nc(-c2ccc(OC(F)F)c(OCC3CC3)c2)oc1[C@H](C)N)c1ccc(F)cc1F)C(=O)O. The summed E-state index contributed by atoms with van der Waals surface area (Å²) in [5, 5.41) is 14.5. The van der Waals surface area contributed by atoms with E-state index in [1.165, 1.54) is 32.0 Å². The van der Waals surface area contributed by atoms with E-state index in [0.29, 0.717) is 6.07 Å². The van der Waals surface area contributed by atoms with Gasteiger partial charge in [0.05, 0.1) is 12.6 Å². The van der Waals surface area contributed by atoms with Gasteiger partial charge >= 0.3 is 12.6 Å². The summed E-state index contributed by atoms with van der Waals surface area (Å²) in [7, 11) is 0. The molecule has 2 unspecified atom stereocenters. The highest BCUT2D eigenvalue weighted by Crippen LogP contribution is 2.37. The Bertz CT molecular complexity index is 1610. The minimum Gasteiger partial charge on any atom is -0.489 e. The first kappa shape index (κ1) is 34.2. The van der Waals surface area contributed by atoms with Crippen molar-refractivity contribution in [1.82, 2.24) is 15.6 Å². The lowest BCUT2D eigenvalue weighted by Gasteiger charge is -2.32. The first-order valence-corrected chi connectivity index (χ1v) is 14.4. The molecule has 0 bridgehead atoms. The predicted octanol–water partition coefficient (Wildman–Crippen LogP) is 5.12. The van der Waals surface area contributed by atoms with Crippen LogP contribution in [0, 0.1) is 23.5 Å². The van der Waals surface area contributed by atoms with E-state index in [1.807, 2.05) is 0 Å². The molecule has 1 aliphatic rings. The van der Waals surface area contributed by atoms with Crippen LogP contribution in [0.5, 0.6) is 11.5 Å². The molecule has 1 aromatic heterocycles. The van der Waals surface area contributed by atoms with Gasteiger partial charge < -0.3 is 35.4 Å². The highest BCUT2D eigenvalue weighted by molar-refractivity contribution is 5.98. The fraction of sp³-hybridized carbons (Fsp3) is 0.419. The zero-order valence-corrected chi connectivity index (χ0v) is 25.4. The Labute approximate surface area is 261 Å². The number of halogens is 4. The summed E-state index contributed by atoms with van der Waals surface area (Å²) in [6, 6.07) is 3.47. The quantitative estimate of drug-likeness (QED) is 0.173. The molecular weight excluding hydrogens is 616 g/mol. The maximum atomic E-state index is 15.0. The molecule has 0 spiro atoms. The first-order chi connectivity index (χ1) is 21.6. The Morgan fingerprint density at radius 1 is 1.11 bits per heavy atom. The molecule has 15 heteroatoms. The first-order valence-electron chi connectivity index (χ1n) is 14.4. The van der Waals surface area contributed by atoms with Crippen molar-refractivity contribution in [3.05, 3.63) is 65.1 Å². The number of aromatic nitrogens is 1. The lowest BCUT2D eigenvalue weighted by Crippen LogP contribution is -2.58. The van der Waals surface area contributed by atoms with Gasteiger partial charge in [0.2, 0.25) is 11.8 Å². The molecule has 1 saturated carbocycles. The lowest BCUT2D eigenvalue weighted by atomic mass is 9.88. The summed E-state index contributed by atoms with van der Waals surface area (Å²) in [5.41, 5.74) is 3.57. The second kappa shape index (κ2) is 13.8. The van der Waals surface area contributed by atoms with Crippen LogP contribution >= 0.6 is 0 Å². The minimum atomic E-state index is -3.11. The van der Waals surface area contributed by atoms with Gasteiger partial charge in [-0.3, -0.25) is 9.59 Å². The fourth-order valence-corrected chi connectivity index (χ4v) is 4.36. The molecule has 46 heavy (non-hydrogen) atoms. The number of nitrogens with zero attached hydrogens (tertiary/aromatic N) is 1. The van der Waals surface area contributed by atoms with Gasteiger partial charge in [0, 0.05) is 17.2 Å². The molecule has 2 aromatic carbocycles. The monoisotopic (exact) mass is 650 g/mol. The van der Waals surface area contributed by atoms with E-state index in [1.54, 1.807) is 13.8 Å². The van der Waals surface area contributed by atoms with Crippen LogP contribution in [-0.2, 0) is 9.59 Å². The number of aliphatic carboxylic acids is 1. The van der Waals surface area contributed by atoms with Crippen LogP contribution in [0.15, 0.2) is 40.8 Å². The molecule has 248 valence electrons. The van der Waals surface area contributed by atoms with Crippen molar-refractivity contribution in [2.75, 3.05) is 6.61 Å². The number of rotatable bonds is 14. The number of alkyl halides is 2. The number of hydrogen-bond acceptors (Lipinski definition) is 8. The summed E-state index contributed by atoms with van der Waals surface area (Å²) in [6.45, 7) is 2.97. The number of carboxylic acids is 1. The van der Waals surface area contributed by atoms with Crippen LogP contribution < -0.4 is 25.8 Å². The second-order valence-corrected chi connectivity index (χ2v) is 11.5. The number of nitrogens with one attached hydrogen (secondary N) is 2. The molecule has 2 amide bonds. The van der Waals surface area contributed by atoms with E-state index >= 15 is 0 Å². The van der Waals surface area contributed by atoms with Crippen molar-refractivity contribution >= 4 is 17.8 Å². The van der Waals surface area contributed by atoms with Gasteiger partial charge in [0.15, 0.2) is 23.0 Å². The maximum absolute atomic E-state index is 15.0. The number of amides is 2. The molecule has 1 heterocycles. The van der Waals surface area contributed by atoms with Crippen molar-refractivity contribution in [1.29, 1.82) is 0 Å². The highest BCUT2D eigenvalue weighted by atomic mass is 19.3. The van der Waals surface area contributed by atoms with Gasteiger partial charge in [0.25, 0.3) is 5.91 Å². The largest absolute Gasteiger partial charge is 0.489 e. The zero-order valence-electron chi connectivity index (χ0n) is 25.4. The van der Waals surface area contributed by atoms with E-state index in [4.69, 9.17) is 14.9 Å². The van der Waals surface area contributed by atoms with Crippen molar-refractivity contribution in [2.24, 2.45) is 17.6 Å². The van der Waals surface area contributed by atoms with Crippen molar-refractivity contribution in [3.63, 3.8) is 0 Å². The minimum absolute atomic E-state index is 0.00796. The Balaban J connectivity index is 1.70. The van der Waals surface area contributed by atoms with Crippen LogP contribution in [-0.4, -0.2) is 46.6 Å². The molecular formula is C31H34F4N4O7. The van der Waals surface area contributed by atoms with Gasteiger partial charge in [-0.2, -0.15) is 8.78 Å². The summed E-state index contributed by atoms with van der Waals surface area (Å²) in [5.74, 6) is -6.56. The summed E-state index contributed by atoms with van der Waals surface area (Å²) in [4.78, 5) is 43.4. The number of oxazole rings is 1. The average Bonchev–Trinajstić information content (AvgIpc) is 3.69. The fourth-order valence-electron chi connectivity index (χ4n) is 4.36. The summed E-state index contributed by atoms with van der Waals surface area (Å²) in [6.07, 6.45) is 1.88. The van der Waals surface area contributed by atoms with Crippen LogP contribution in [0.3, 0.4) is 0 Å². The molecule has 0 saturated heterocycles. The van der Waals surface area contributed by atoms with Crippen LogP contribution in [0.4, 0.5) is 17.6 Å². The predicted molar refractivity (Wildman–Crippen MR) is 155 cm³/mol. The van der Waals surface area contributed by atoms with E-state index in [-0.39, 0.29) is 41.2 Å². The van der Waals surface area contributed by atoms with E-state index in [0.717, 1.165) is 25.0 Å². The van der Waals surface area contributed by atoms with Gasteiger partial charge in [-0.15, -0.1) is 0 Å². The van der Waals surface area contributed by atoms with E-state index < -0.39 is 70.8 Å². The van der Waals surface area contributed by atoms with Gasteiger partial charge in [0.1, 0.15) is 23.2 Å². The molecule has 5 N–H and O–H groups in total. The standard InChI is InChI=1S/C31H34F4N4O7/c1-14(2)31(4,29(42)43)39-27(41)23(19-9-8-18(32)12-20(19)33)37-26(40)24-25(15(3)36)46-28(38-24)17-7-10-21(45-30(34)35)22(11-17)44-13-16-5-6-16/h7-12,14-16,23,30H,5-6,13,36H2,1-4H3,(H,37,40)(H,39,41)(H,42,43)/t15-,23?,31?/m0/s1. The molecule has 1 aliphatic carbocycles. The van der Waals surface area contributed by atoms with Crippen LogP contribution in [0.1, 0.15) is 74.4 Å². The highest BCUT2D eigenvalue weighted by Gasteiger charge is 2.41. The molecule has 3 aromatic rings. The third-order valence-electron chi connectivity index (χ3n) is 7.65. The summed E-state index contributed by atoms with van der Waals surface area (Å²) >= 11 is 0. The molecule has 0 radical (unpaired) electrons. The third kappa shape index (κ3) is 7.76. The molecule has 3 atom stereocenters. The number of carbonyl (C=O) groups excluding carboxylic acids is 2. The number of carboxylic acid groups (broad SMARTS) is 1. The van der Waals surface area contributed by atoms with Crippen molar-refractivity contribution in [3.8, 4) is 23.0 Å². The topological polar surface area (TPSA) is 166 Å². The van der Waals surface area contributed by atoms with Gasteiger partial charge in [-0.05, 0) is 62.8 Å². The van der Waals surface area contributed by atoms with Crippen LogP contribution in [0.2, 0.25) is 0 Å². The number of hydrogen-bond donors (Lipinski definition) is 4. The number of benzene rings is 2. The van der Waals surface area contributed by atoms with Crippen molar-refractivity contribution in [2.45, 2.75) is 64.8 Å². The van der Waals surface area contributed by atoms with Crippen LogP contribution in [0.25, 0.3) is 11.5 Å². The number of carbonyl (C=O) groups is 3. The van der Waals surface area contributed by atoms with E-state index in [9.17, 15) is 37.1 Å². The Morgan fingerprint density at radius 2 is 1.80 bits per heavy atom. The second-order valence-electron chi connectivity index (χ2n) is 11.5. The Kier molecular flexibility index (Phi) is 10.2. The third-order valence-corrected chi connectivity index (χ3v) is 7.65. The smallest absolute Gasteiger partial charge is 0.387 e. The van der Waals surface area contributed by atoms with Gasteiger partial charge in [-0.25, -0.2) is 18.6 Å². The zero-order chi connectivity index (χ0) is 33.9. The Morgan fingerprint density at radius 3 is 2.37 bits per heavy atom. The number of ether oxygens (including phenoxy) is 2. The normalized spacial score (nSPS) is 15.6. The van der Waals surface area contributed by atoms with Gasteiger partial charge in [-0.1, -0.05) is 19.9 Å². The molecule has 4 rings (SSSR count).